The van der Waals surface area contributed by atoms with E-state index in [1.165, 1.54) is 12.1 Å². The monoisotopic (exact) mass is 278 g/mol. The number of aliphatic hydroxyl groups is 1. The lowest BCUT2D eigenvalue weighted by Gasteiger charge is -2.45. The van der Waals surface area contributed by atoms with Crippen molar-refractivity contribution in [3.05, 3.63) is 29.6 Å². The van der Waals surface area contributed by atoms with Crippen molar-refractivity contribution in [1.82, 2.24) is 0 Å². The van der Waals surface area contributed by atoms with Gasteiger partial charge in [0.1, 0.15) is 17.2 Å². The number of ether oxygens (including phenoxy) is 1. The fourth-order valence-electron chi connectivity index (χ4n) is 3.75. The van der Waals surface area contributed by atoms with Gasteiger partial charge < -0.3 is 9.84 Å². The van der Waals surface area contributed by atoms with Crippen LogP contribution < -0.4 is 4.74 Å². The summed E-state index contributed by atoms with van der Waals surface area (Å²) in [4.78, 5) is 0. The van der Waals surface area contributed by atoms with Crippen molar-refractivity contribution in [1.29, 1.82) is 0 Å². The van der Waals surface area contributed by atoms with E-state index in [-0.39, 0.29) is 11.4 Å². The van der Waals surface area contributed by atoms with E-state index in [1.54, 1.807) is 6.07 Å². The lowest BCUT2D eigenvalue weighted by Crippen LogP contribution is -2.44. The normalized spacial score (nSPS) is 33.0. The van der Waals surface area contributed by atoms with Crippen molar-refractivity contribution < 1.29 is 14.2 Å². The molecule has 1 aliphatic carbocycles. The largest absolute Gasteiger partial charge is 0.487 e. The maximum Gasteiger partial charge on any atom is 0.126 e. The summed E-state index contributed by atoms with van der Waals surface area (Å²) in [7, 11) is 0. The van der Waals surface area contributed by atoms with Crippen LogP contribution in [0.25, 0.3) is 0 Å². The first kappa shape index (κ1) is 13.9. The minimum absolute atomic E-state index is 0.240. The Labute approximate surface area is 120 Å². The Kier molecular flexibility index (Phi) is 3.49. The molecule has 0 aromatic heterocycles. The van der Waals surface area contributed by atoms with E-state index in [0.29, 0.717) is 23.7 Å². The van der Waals surface area contributed by atoms with Crippen LogP contribution in [0, 0.1) is 17.7 Å². The quantitative estimate of drug-likeness (QED) is 0.833. The van der Waals surface area contributed by atoms with E-state index < -0.39 is 6.10 Å². The lowest BCUT2D eigenvalue weighted by atomic mass is 9.71. The van der Waals surface area contributed by atoms with Crippen LogP contribution in [0.3, 0.4) is 0 Å². The third-order valence-corrected chi connectivity index (χ3v) is 5.11. The van der Waals surface area contributed by atoms with Gasteiger partial charge in [0.2, 0.25) is 0 Å². The summed E-state index contributed by atoms with van der Waals surface area (Å²) in [5.41, 5.74) is 0.358. The minimum Gasteiger partial charge on any atom is -0.487 e. The first-order valence-corrected chi connectivity index (χ1v) is 7.66. The van der Waals surface area contributed by atoms with Gasteiger partial charge in [0.15, 0.2) is 0 Å². The highest BCUT2D eigenvalue weighted by Gasteiger charge is 2.43. The molecule has 1 saturated carbocycles. The SMILES string of the molecule is CC(C)C1CCC2(CC1)C[C@@H](O)c1cc(F)ccc1O2. The third-order valence-electron chi connectivity index (χ3n) is 5.11. The second kappa shape index (κ2) is 5.03. The molecule has 0 amide bonds. The Balaban J connectivity index is 1.80. The topological polar surface area (TPSA) is 29.5 Å². The van der Waals surface area contributed by atoms with Crippen molar-refractivity contribution in [2.24, 2.45) is 11.8 Å². The van der Waals surface area contributed by atoms with Crippen LogP contribution >= 0.6 is 0 Å². The molecule has 1 fully saturated rings. The van der Waals surface area contributed by atoms with Crippen molar-refractivity contribution in [2.75, 3.05) is 0 Å². The summed E-state index contributed by atoms with van der Waals surface area (Å²) in [6.07, 6.45) is 4.27. The van der Waals surface area contributed by atoms with E-state index in [9.17, 15) is 9.50 Å². The molecule has 1 heterocycles. The number of hydrogen-bond donors (Lipinski definition) is 1. The Morgan fingerprint density at radius 2 is 2.00 bits per heavy atom. The molecule has 1 spiro atoms. The zero-order valence-electron chi connectivity index (χ0n) is 12.2. The summed E-state index contributed by atoms with van der Waals surface area (Å²) in [5.74, 6) is 1.82. The van der Waals surface area contributed by atoms with Crippen LogP contribution in [0.2, 0.25) is 0 Å². The molecule has 2 nitrogen and oxygen atoms in total. The van der Waals surface area contributed by atoms with E-state index in [0.717, 1.165) is 31.6 Å². The summed E-state index contributed by atoms with van der Waals surface area (Å²) < 4.78 is 19.5. The lowest BCUT2D eigenvalue weighted by molar-refractivity contribution is -0.0505. The molecule has 0 unspecified atom stereocenters. The average Bonchev–Trinajstić information content (AvgIpc) is 2.40. The highest BCUT2D eigenvalue weighted by molar-refractivity contribution is 5.38. The number of fused-ring (bicyclic) bond motifs is 1. The zero-order valence-corrected chi connectivity index (χ0v) is 12.2. The summed E-state index contributed by atoms with van der Waals surface area (Å²) in [6.45, 7) is 4.55. The van der Waals surface area contributed by atoms with Gasteiger partial charge in [-0.25, -0.2) is 4.39 Å². The average molecular weight is 278 g/mol. The van der Waals surface area contributed by atoms with Gasteiger partial charge in [0, 0.05) is 12.0 Å². The molecule has 1 N–H and O–H groups in total. The van der Waals surface area contributed by atoms with Gasteiger partial charge in [-0.3, -0.25) is 0 Å². The van der Waals surface area contributed by atoms with Gasteiger partial charge in [-0.15, -0.1) is 0 Å². The van der Waals surface area contributed by atoms with Gasteiger partial charge in [-0.05, 0) is 55.7 Å². The molecular formula is C17H23FO2. The molecule has 3 rings (SSSR count). The van der Waals surface area contributed by atoms with Crippen molar-refractivity contribution in [2.45, 2.75) is 57.7 Å². The number of rotatable bonds is 1. The van der Waals surface area contributed by atoms with Crippen LogP contribution in [0.15, 0.2) is 18.2 Å². The maximum absolute atomic E-state index is 13.3. The van der Waals surface area contributed by atoms with Gasteiger partial charge in [-0.1, -0.05) is 13.8 Å². The molecular weight excluding hydrogens is 255 g/mol. The molecule has 110 valence electrons. The summed E-state index contributed by atoms with van der Waals surface area (Å²) >= 11 is 0. The van der Waals surface area contributed by atoms with Gasteiger partial charge in [0.25, 0.3) is 0 Å². The second-order valence-electron chi connectivity index (χ2n) is 6.77. The van der Waals surface area contributed by atoms with Crippen molar-refractivity contribution in [3.63, 3.8) is 0 Å². The van der Waals surface area contributed by atoms with Gasteiger partial charge in [-0.2, -0.15) is 0 Å². The van der Waals surface area contributed by atoms with Crippen LogP contribution in [-0.2, 0) is 0 Å². The Bertz CT molecular complexity index is 490. The smallest absolute Gasteiger partial charge is 0.126 e. The molecule has 0 bridgehead atoms. The van der Waals surface area contributed by atoms with Crippen LogP contribution in [0.1, 0.15) is 57.6 Å². The molecule has 20 heavy (non-hydrogen) atoms. The fourth-order valence-corrected chi connectivity index (χ4v) is 3.75. The number of hydrogen-bond acceptors (Lipinski definition) is 2. The standard InChI is InChI=1S/C17H23FO2/c1-11(2)12-5-7-17(8-6-12)10-15(19)14-9-13(18)3-4-16(14)20-17/h3-4,9,11-12,15,19H,5-8,10H2,1-2H3/t12?,15-,17?/m1/s1. The fraction of sp³-hybridized carbons (Fsp3) is 0.647. The zero-order chi connectivity index (χ0) is 14.3. The predicted octanol–water partition coefficient (Wildman–Crippen LogP) is 4.23. The first-order valence-electron chi connectivity index (χ1n) is 7.66. The third kappa shape index (κ3) is 2.44. The number of halogens is 1. The highest BCUT2D eigenvalue weighted by atomic mass is 19.1. The Morgan fingerprint density at radius 1 is 1.30 bits per heavy atom. The van der Waals surface area contributed by atoms with E-state index >= 15 is 0 Å². The Morgan fingerprint density at radius 3 is 2.65 bits per heavy atom. The summed E-state index contributed by atoms with van der Waals surface area (Å²) in [6, 6.07) is 4.46. The second-order valence-corrected chi connectivity index (χ2v) is 6.77. The molecule has 1 aromatic carbocycles. The predicted molar refractivity (Wildman–Crippen MR) is 76.1 cm³/mol. The molecule has 3 heteroatoms. The highest BCUT2D eigenvalue weighted by Crippen LogP contribution is 2.48. The maximum atomic E-state index is 13.3. The molecule has 1 aromatic rings. The van der Waals surface area contributed by atoms with Gasteiger partial charge >= 0.3 is 0 Å². The van der Waals surface area contributed by atoms with Crippen LogP contribution in [-0.4, -0.2) is 10.7 Å². The molecule has 1 atom stereocenters. The van der Waals surface area contributed by atoms with Crippen LogP contribution in [0.4, 0.5) is 4.39 Å². The molecule has 0 saturated heterocycles. The van der Waals surface area contributed by atoms with E-state index in [2.05, 4.69) is 13.8 Å². The number of aliphatic hydroxyl groups excluding tert-OH is 1. The minimum atomic E-state index is -0.606. The van der Waals surface area contributed by atoms with Gasteiger partial charge in [0.05, 0.1) is 6.10 Å². The van der Waals surface area contributed by atoms with Crippen molar-refractivity contribution in [3.8, 4) is 5.75 Å². The Hall–Kier alpha value is -1.09. The van der Waals surface area contributed by atoms with E-state index in [1.807, 2.05) is 0 Å². The first-order chi connectivity index (χ1) is 9.49. The molecule has 2 aliphatic rings. The number of benzene rings is 1. The van der Waals surface area contributed by atoms with Crippen LogP contribution in [0.5, 0.6) is 5.75 Å². The van der Waals surface area contributed by atoms with E-state index in [4.69, 9.17) is 4.74 Å². The van der Waals surface area contributed by atoms with Crippen molar-refractivity contribution >= 4 is 0 Å². The molecule has 1 aliphatic heterocycles. The molecule has 0 radical (unpaired) electrons. The summed E-state index contributed by atoms with van der Waals surface area (Å²) in [5, 5.41) is 10.3.